The van der Waals surface area contributed by atoms with E-state index in [4.69, 9.17) is 4.74 Å². The monoisotopic (exact) mass is 480 g/mol. The van der Waals surface area contributed by atoms with Gasteiger partial charge in [-0.2, -0.15) is 8.75 Å². The minimum absolute atomic E-state index is 0. The molecule has 8 heteroatoms. The van der Waals surface area contributed by atoms with Gasteiger partial charge in [0.15, 0.2) is 5.78 Å². The van der Waals surface area contributed by atoms with Gasteiger partial charge in [0.05, 0.1) is 24.8 Å². The number of hydrogen-bond acceptors (Lipinski definition) is 7. The summed E-state index contributed by atoms with van der Waals surface area (Å²) >= 11 is 1.04. The average Bonchev–Trinajstić information content (AvgIpc) is 3.28. The smallest absolute Gasteiger partial charge is 0.545 e. The van der Waals surface area contributed by atoms with Crippen LogP contribution < -0.4 is 39.4 Å². The number of ether oxygens (including phenoxy) is 1. The minimum Gasteiger partial charge on any atom is -0.545 e. The quantitative estimate of drug-likeness (QED) is 0.222. The number of carbonyl (C=O) groups excluding carboxylic acids is 2. The zero-order valence-electron chi connectivity index (χ0n) is 19.4. The van der Waals surface area contributed by atoms with Crippen molar-refractivity contribution >= 4 is 40.1 Å². The van der Waals surface area contributed by atoms with Crippen LogP contribution in [0.25, 0.3) is 16.6 Å². The molecule has 0 unspecified atom stereocenters. The first-order valence-electron chi connectivity index (χ1n) is 10.3. The summed E-state index contributed by atoms with van der Waals surface area (Å²) in [6.07, 6.45) is 0.117. The number of nitrogens with zero attached hydrogens (tertiary/aromatic N) is 2. The molecule has 0 saturated heterocycles. The molecule has 0 amide bonds. The van der Waals surface area contributed by atoms with Gasteiger partial charge < -0.3 is 14.6 Å². The zero-order valence-corrected chi connectivity index (χ0v) is 22.2. The number of benzene rings is 3. The Morgan fingerprint density at radius 1 is 0.882 bits per heavy atom. The van der Waals surface area contributed by atoms with Crippen molar-refractivity contribution in [1.29, 1.82) is 0 Å². The predicted molar refractivity (Wildman–Crippen MR) is 126 cm³/mol. The van der Waals surface area contributed by atoms with Gasteiger partial charge in [0.25, 0.3) is 0 Å². The molecule has 0 atom stereocenters. The molecule has 6 nitrogen and oxygen atoms in total. The Morgan fingerprint density at radius 2 is 1.56 bits per heavy atom. The molecule has 0 fully saturated rings. The first-order valence-corrected chi connectivity index (χ1v) is 11.0. The number of aromatic nitrogens is 2. The number of fused-ring (bicyclic) bond motifs is 1. The molecule has 0 aliphatic rings. The fourth-order valence-electron chi connectivity index (χ4n) is 3.64. The first-order chi connectivity index (χ1) is 15.9. The van der Waals surface area contributed by atoms with Crippen molar-refractivity contribution in [3.8, 4) is 5.75 Å². The van der Waals surface area contributed by atoms with E-state index >= 15 is 0 Å². The Morgan fingerprint density at radius 3 is 2.21 bits per heavy atom. The third-order valence-corrected chi connectivity index (χ3v) is 6.19. The molecule has 4 rings (SSSR count). The normalized spacial score (nSPS) is 11.5. The number of carboxylic acids is 1. The summed E-state index contributed by atoms with van der Waals surface area (Å²) in [7, 11) is 1.57. The SMILES string of the molecule is COc1ccc(CC(C(=O)c2ccc(C)c(C)c2)=C(C(=O)[O-])c2ccc3nsnc3c2)cc1.[Na+]. The van der Waals surface area contributed by atoms with Crippen molar-refractivity contribution in [2.24, 2.45) is 0 Å². The summed E-state index contributed by atoms with van der Waals surface area (Å²) in [5.41, 5.74) is 4.79. The van der Waals surface area contributed by atoms with E-state index in [0.29, 0.717) is 27.9 Å². The van der Waals surface area contributed by atoms with Gasteiger partial charge in [-0.25, -0.2) is 0 Å². The molecule has 0 spiro atoms. The van der Waals surface area contributed by atoms with Crippen molar-refractivity contribution in [3.63, 3.8) is 0 Å². The number of carbonyl (C=O) groups is 2. The molecule has 0 aliphatic heterocycles. The molecule has 34 heavy (non-hydrogen) atoms. The molecule has 3 aromatic carbocycles. The van der Waals surface area contributed by atoms with Crippen molar-refractivity contribution in [2.75, 3.05) is 7.11 Å². The molecule has 166 valence electrons. The molecule has 0 N–H and O–H groups in total. The van der Waals surface area contributed by atoms with E-state index in [2.05, 4.69) is 8.75 Å². The van der Waals surface area contributed by atoms with Crippen LogP contribution >= 0.6 is 11.7 Å². The number of Topliss-reactive ketones (excluding diaryl/α,β-unsaturated/α-hetero) is 1. The number of hydrogen-bond donors (Lipinski definition) is 0. The Labute approximate surface area is 223 Å². The van der Waals surface area contributed by atoms with Crippen molar-refractivity contribution in [2.45, 2.75) is 20.3 Å². The number of aryl methyl sites for hydroxylation is 2. The second-order valence-electron chi connectivity index (χ2n) is 7.76. The second-order valence-corrected chi connectivity index (χ2v) is 8.29. The van der Waals surface area contributed by atoms with E-state index in [0.717, 1.165) is 28.4 Å². The molecule has 1 heterocycles. The Balaban J connectivity index is 0.00000324. The van der Waals surface area contributed by atoms with Crippen LogP contribution in [0, 0.1) is 13.8 Å². The predicted octanol–water partition coefficient (Wildman–Crippen LogP) is 0.950. The van der Waals surface area contributed by atoms with Crippen LogP contribution in [-0.4, -0.2) is 27.6 Å². The van der Waals surface area contributed by atoms with Gasteiger partial charge in [-0.3, -0.25) is 4.79 Å². The summed E-state index contributed by atoms with van der Waals surface area (Å²) in [6.45, 7) is 3.88. The van der Waals surface area contributed by atoms with E-state index in [1.54, 1.807) is 49.6 Å². The van der Waals surface area contributed by atoms with Gasteiger partial charge in [0.2, 0.25) is 0 Å². The van der Waals surface area contributed by atoms with Crippen LogP contribution in [0.1, 0.15) is 32.6 Å². The van der Waals surface area contributed by atoms with E-state index in [9.17, 15) is 14.7 Å². The number of methoxy groups -OCH3 is 1. The standard InChI is InChI=1S/C26H22N2O4S.Na/c1-15-4-7-19(12-16(15)2)25(29)21(13-17-5-9-20(32-3)10-6-17)24(26(30)31)18-8-11-22-23(14-18)28-33-27-22;/h4-12,14H,13H2,1-3H3,(H,30,31);/q;+1/p-1. The molecule has 1 aromatic heterocycles. The van der Waals surface area contributed by atoms with Gasteiger partial charge in [-0.05, 0) is 66.4 Å². The molecule has 0 radical (unpaired) electrons. The van der Waals surface area contributed by atoms with E-state index < -0.39 is 5.97 Å². The fourth-order valence-corrected chi connectivity index (χ4v) is 4.16. The maximum absolute atomic E-state index is 13.7. The van der Waals surface area contributed by atoms with Crippen LogP contribution in [0.5, 0.6) is 5.75 Å². The second kappa shape index (κ2) is 11.1. The fraction of sp³-hybridized carbons (Fsp3) is 0.154. The van der Waals surface area contributed by atoms with E-state index in [-0.39, 0.29) is 52.9 Å². The van der Waals surface area contributed by atoms with Crippen molar-refractivity contribution in [1.82, 2.24) is 8.75 Å². The minimum atomic E-state index is -1.42. The summed E-state index contributed by atoms with van der Waals surface area (Å²) < 4.78 is 13.6. The maximum atomic E-state index is 13.7. The van der Waals surface area contributed by atoms with Crippen LogP contribution in [0.3, 0.4) is 0 Å². The van der Waals surface area contributed by atoms with Gasteiger partial charge in [0.1, 0.15) is 16.8 Å². The Kier molecular flexibility index (Phi) is 8.38. The number of rotatable bonds is 7. The Hall–Kier alpha value is -2.84. The third kappa shape index (κ3) is 5.45. The summed E-state index contributed by atoms with van der Waals surface area (Å²) in [5, 5.41) is 12.4. The van der Waals surface area contributed by atoms with Gasteiger partial charge in [0, 0.05) is 23.1 Å². The number of allylic oxidation sites excluding steroid dienone is 1. The third-order valence-electron chi connectivity index (χ3n) is 5.63. The van der Waals surface area contributed by atoms with E-state index in [1.165, 1.54) is 0 Å². The van der Waals surface area contributed by atoms with Crippen LogP contribution in [-0.2, 0) is 11.2 Å². The molecular formula is C26H21N2NaO4S. The summed E-state index contributed by atoms with van der Waals surface area (Å²) in [6, 6.07) is 17.5. The van der Waals surface area contributed by atoms with Gasteiger partial charge >= 0.3 is 29.6 Å². The van der Waals surface area contributed by atoms with Gasteiger partial charge in [-0.1, -0.05) is 30.3 Å². The topological polar surface area (TPSA) is 92.2 Å². The largest absolute Gasteiger partial charge is 1.00 e. The average molecular weight is 481 g/mol. The molecule has 0 aliphatic carbocycles. The number of ketones is 1. The molecule has 4 aromatic rings. The van der Waals surface area contributed by atoms with Gasteiger partial charge in [-0.15, -0.1) is 0 Å². The summed E-state index contributed by atoms with van der Waals surface area (Å²) in [4.78, 5) is 26.1. The first kappa shape index (κ1) is 25.8. The Bertz CT molecular complexity index is 1390. The van der Waals surface area contributed by atoms with E-state index in [1.807, 2.05) is 32.0 Å². The van der Waals surface area contributed by atoms with Crippen LogP contribution in [0.4, 0.5) is 0 Å². The zero-order chi connectivity index (χ0) is 23.5. The van der Waals surface area contributed by atoms with Crippen LogP contribution in [0.15, 0.2) is 66.2 Å². The number of aliphatic carboxylic acids is 1. The van der Waals surface area contributed by atoms with Crippen molar-refractivity contribution in [3.05, 3.63) is 94.1 Å². The van der Waals surface area contributed by atoms with Crippen LogP contribution in [0.2, 0.25) is 0 Å². The summed E-state index contributed by atoms with van der Waals surface area (Å²) in [5.74, 6) is -1.10. The molecule has 0 saturated carbocycles. The number of carboxylic acid groups (broad SMARTS) is 1. The maximum Gasteiger partial charge on any atom is 1.00 e. The molecule has 0 bridgehead atoms. The van der Waals surface area contributed by atoms with Crippen molar-refractivity contribution < 1.29 is 49.0 Å². The molecular weight excluding hydrogens is 459 g/mol.